The third-order valence-corrected chi connectivity index (χ3v) is 3.60. The average molecular weight is 288 g/mol. The topological polar surface area (TPSA) is 85.5 Å². The molecular weight excluding hydrogens is 272 g/mol. The van der Waals surface area contributed by atoms with Crippen molar-refractivity contribution in [2.24, 2.45) is 0 Å². The van der Waals surface area contributed by atoms with Crippen LogP contribution >= 0.6 is 0 Å². The maximum atomic E-state index is 10.4. The number of aryl methyl sites for hydroxylation is 1. The summed E-state index contributed by atoms with van der Waals surface area (Å²) in [6, 6.07) is 8.29. The summed E-state index contributed by atoms with van der Waals surface area (Å²) in [5, 5.41) is 16.5. The van der Waals surface area contributed by atoms with Gasteiger partial charge in [0.15, 0.2) is 0 Å². The van der Waals surface area contributed by atoms with E-state index in [4.69, 9.17) is 14.3 Å². The van der Waals surface area contributed by atoms with E-state index >= 15 is 0 Å². The van der Waals surface area contributed by atoms with Crippen molar-refractivity contribution in [3.8, 4) is 0 Å². The molecule has 0 fully saturated rings. The van der Waals surface area contributed by atoms with Crippen LogP contribution in [0.25, 0.3) is 0 Å². The number of carbonyl (C=O) groups is 1. The van der Waals surface area contributed by atoms with Crippen molar-refractivity contribution in [2.75, 3.05) is 6.61 Å². The Morgan fingerprint density at radius 1 is 1.38 bits per heavy atom. The second-order valence-corrected chi connectivity index (χ2v) is 5.06. The van der Waals surface area contributed by atoms with Gasteiger partial charge in [0, 0.05) is 0 Å². The van der Waals surface area contributed by atoms with E-state index in [2.05, 4.69) is 22.3 Å². The number of benzene rings is 1. The first-order valence-electron chi connectivity index (χ1n) is 6.93. The van der Waals surface area contributed by atoms with Crippen LogP contribution in [0.3, 0.4) is 0 Å². The molecule has 0 spiro atoms. The number of carboxylic acids is 1. The van der Waals surface area contributed by atoms with Gasteiger partial charge in [0.2, 0.25) is 11.8 Å². The van der Waals surface area contributed by atoms with Crippen molar-refractivity contribution in [2.45, 2.75) is 31.8 Å². The van der Waals surface area contributed by atoms with Crippen LogP contribution in [0.15, 0.2) is 28.7 Å². The number of hydrogen-bond donors (Lipinski definition) is 1. The van der Waals surface area contributed by atoms with Gasteiger partial charge in [0.1, 0.15) is 13.2 Å². The minimum atomic E-state index is -1.02. The Morgan fingerprint density at radius 2 is 2.24 bits per heavy atom. The number of hydrogen-bond acceptors (Lipinski definition) is 5. The van der Waals surface area contributed by atoms with Crippen molar-refractivity contribution >= 4 is 5.97 Å². The van der Waals surface area contributed by atoms with Gasteiger partial charge in [0.25, 0.3) is 0 Å². The Bertz CT molecular complexity index is 638. The molecule has 1 aliphatic carbocycles. The van der Waals surface area contributed by atoms with Crippen LogP contribution in [0.5, 0.6) is 0 Å². The molecule has 1 N–H and O–H groups in total. The van der Waals surface area contributed by atoms with Gasteiger partial charge in [-0.05, 0) is 30.4 Å². The number of rotatable bonds is 5. The van der Waals surface area contributed by atoms with Crippen LogP contribution in [0.4, 0.5) is 0 Å². The van der Waals surface area contributed by atoms with Crippen LogP contribution in [0.2, 0.25) is 0 Å². The van der Waals surface area contributed by atoms with Crippen LogP contribution in [0.1, 0.15) is 41.7 Å². The smallest absolute Gasteiger partial charge is 0.329 e. The predicted octanol–water partition coefficient (Wildman–Crippen LogP) is 2.14. The second-order valence-electron chi connectivity index (χ2n) is 5.06. The van der Waals surface area contributed by atoms with E-state index in [0.717, 1.165) is 19.3 Å². The third kappa shape index (κ3) is 3.11. The summed E-state index contributed by atoms with van der Waals surface area (Å²) in [4.78, 5) is 10.4. The zero-order chi connectivity index (χ0) is 14.7. The molecule has 1 unspecified atom stereocenters. The summed E-state index contributed by atoms with van der Waals surface area (Å²) in [6.07, 6.45) is 3.15. The van der Waals surface area contributed by atoms with E-state index in [1.807, 2.05) is 12.1 Å². The van der Waals surface area contributed by atoms with E-state index < -0.39 is 5.97 Å². The van der Waals surface area contributed by atoms with Crippen LogP contribution < -0.4 is 0 Å². The molecule has 0 aliphatic heterocycles. The number of aromatic nitrogens is 2. The number of aliphatic carboxylic acids is 1. The molecule has 0 bridgehead atoms. The molecule has 2 aromatic rings. The predicted molar refractivity (Wildman–Crippen MR) is 72.8 cm³/mol. The number of fused-ring (bicyclic) bond motifs is 1. The van der Waals surface area contributed by atoms with Gasteiger partial charge >= 0.3 is 5.97 Å². The highest BCUT2D eigenvalue weighted by atomic mass is 16.5. The molecule has 0 saturated carbocycles. The van der Waals surface area contributed by atoms with E-state index in [1.165, 1.54) is 11.1 Å². The maximum absolute atomic E-state index is 10.4. The first kappa shape index (κ1) is 13.8. The normalized spacial score (nSPS) is 17.4. The lowest BCUT2D eigenvalue weighted by Crippen LogP contribution is -2.11. The fraction of sp³-hybridized carbons (Fsp3) is 0.400. The lowest BCUT2D eigenvalue weighted by Gasteiger charge is -2.22. The Balaban J connectivity index is 1.73. The Morgan fingerprint density at radius 3 is 3.10 bits per heavy atom. The zero-order valence-corrected chi connectivity index (χ0v) is 11.5. The van der Waals surface area contributed by atoms with Gasteiger partial charge < -0.3 is 14.3 Å². The molecule has 6 heteroatoms. The molecule has 6 nitrogen and oxygen atoms in total. The first-order chi connectivity index (χ1) is 10.2. The molecule has 1 aliphatic rings. The van der Waals surface area contributed by atoms with Gasteiger partial charge in [-0.2, -0.15) is 0 Å². The average Bonchev–Trinajstić information content (AvgIpc) is 2.95. The lowest BCUT2D eigenvalue weighted by atomic mass is 9.83. The number of carboxylic acid groups (broad SMARTS) is 1. The zero-order valence-electron chi connectivity index (χ0n) is 11.5. The van der Waals surface area contributed by atoms with E-state index in [1.54, 1.807) is 0 Å². The molecule has 3 rings (SSSR count). The Labute approximate surface area is 121 Å². The largest absolute Gasteiger partial charge is 0.480 e. The summed E-state index contributed by atoms with van der Waals surface area (Å²) in [6.45, 7) is -0.350. The molecule has 0 amide bonds. The standard InChI is InChI=1S/C15H16N2O4/c18-14(19)9-20-8-13-16-17-15(21-13)12-7-3-5-10-4-1-2-6-11(10)12/h1-2,4,6,12H,3,5,7-9H2,(H,18,19). The summed E-state index contributed by atoms with van der Waals surface area (Å²) in [7, 11) is 0. The van der Waals surface area contributed by atoms with Crippen molar-refractivity contribution in [1.29, 1.82) is 0 Å². The monoisotopic (exact) mass is 288 g/mol. The molecular formula is C15H16N2O4. The molecule has 1 atom stereocenters. The summed E-state index contributed by atoms with van der Waals surface area (Å²) in [5.41, 5.74) is 2.57. The van der Waals surface area contributed by atoms with Gasteiger partial charge in [-0.1, -0.05) is 24.3 Å². The minimum Gasteiger partial charge on any atom is -0.480 e. The number of nitrogens with zero attached hydrogens (tertiary/aromatic N) is 2. The van der Waals surface area contributed by atoms with E-state index in [9.17, 15) is 4.79 Å². The highest BCUT2D eigenvalue weighted by molar-refractivity contribution is 5.67. The van der Waals surface area contributed by atoms with E-state index in [0.29, 0.717) is 11.8 Å². The van der Waals surface area contributed by atoms with Gasteiger partial charge in [-0.3, -0.25) is 0 Å². The summed E-state index contributed by atoms with van der Waals surface area (Å²) in [5.74, 6) is -0.00278. The Hall–Kier alpha value is -2.21. The van der Waals surface area contributed by atoms with Crippen molar-refractivity contribution in [3.63, 3.8) is 0 Å². The molecule has 1 aromatic heterocycles. The van der Waals surface area contributed by atoms with Crippen LogP contribution in [-0.4, -0.2) is 27.9 Å². The van der Waals surface area contributed by atoms with Crippen molar-refractivity contribution < 1.29 is 19.1 Å². The highest BCUT2D eigenvalue weighted by Gasteiger charge is 2.26. The SMILES string of the molecule is O=C(O)COCc1nnc(C2CCCc3ccccc32)o1. The van der Waals surface area contributed by atoms with E-state index in [-0.39, 0.29) is 19.1 Å². The summed E-state index contributed by atoms with van der Waals surface area (Å²) >= 11 is 0. The maximum Gasteiger partial charge on any atom is 0.329 e. The molecule has 110 valence electrons. The van der Waals surface area contributed by atoms with Gasteiger partial charge in [-0.15, -0.1) is 10.2 Å². The molecule has 21 heavy (non-hydrogen) atoms. The molecule has 0 saturated heterocycles. The first-order valence-corrected chi connectivity index (χ1v) is 6.93. The van der Waals surface area contributed by atoms with Crippen molar-refractivity contribution in [1.82, 2.24) is 10.2 Å². The minimum absolute atomic E-state index is 0.0215. The van der Waals surface area contributed by atoms with Crippen LogP contribution in [0, 0.1) is 0 Å². The third-order valence-electron chi connectivity index (χ3n) is 3.60. The highest BCUT2D eigenvalue weighted by Crippen LogP contribution is 2.35. The summed E-state index contributed by atoms with van der Waals surface area (Å²) < 4.78 is 10.6. The quantitative estimate of drug-likeness (QED) is 0.907. The molecule has 1 aromatic carbocycles. The fourth-order valence-electron chi connectivity index (χ4n) is 2.70. The lowest BCUT2D eigenvalue weighted by molar-refractivity contribution is -0.142. The fourth-order valence-corrected chi connectivity index (χ4v) is 2.70. The molecule has 0 radical (unpaired) electrons. The Kier molecular flexibility index (Phi) is 3.96. The second kappa shape index (κ2) is 6.05. The molecule has 1 heterocycles. The van der Waals surface area contributed by atoms with Gasteiger partial charge in [-0.25, -0.2) is 4.79 Å². The van der Waals surface area contributed by atoms with Gasteiger partial charge in [0.05, 0.1) is 5.92 Å². The number of ether oxygens (including phenoxy) is 1. The van der Waals surface area contributed by atoms with Crippen LogP contribution in [-0.2, 0) is 22.6 Å². The van der Waals surface area contributed by atoms with Crippen molar-refractivity contribution in [3.05, 3.63) is 47.2 Å².